The quantitative estimate of drug-likeness (QED) is 0.364. The summed E-state index contributed by atoms with van der Waals surface area (Å²) >= 11 is 0. The fourth-order valence-electron chi connectivity index (χ4n) is 4.38. The zero-order valence-corrected chi connectivity index (χ0v) is 21.9. The highest BCUT2D eigenvalue weighted by Crippen LogP contribution is 2.29. The number of hydrogen-bond donors (Lipinski definition) is 2. The van der Waals surface area contributed by atoms with Crippen molar-refractivity contribution < 1.29 is 24.5 Å². The Kier molecular flexibility index (Phi) is 10.9. The molecule has 8 heteroatoms. The van der Waals surface area contributed by atoms with Gasteiger partial charge in [-0.3, -0.25) is 4.90 Å². The number of ether oxygens (including phenoxy) is 1. The van der Waals surface area contributed by atoms with E-state index < -0.39 is 11.9 Å². The predicted molar refractivity (Wildman–Crippen MR) is 151 cm³/mol. The molecule has 0 aliphatic carbocycles. The maximum absolute atomic E-state index is 9.55. The highest BCUT2D eigenvalue weighted by molar-refractivity contribution is 5.94. The van der Waals surface area contributed by atoms with Crippen LogP contribution in [0.1, 0.15) is 25.3 Å². The van der Waals surface area contributed by atoms with Crippen LogP contribution in [0.4, 0.5) is 5.82 Å². The van der Waals surface area contributed by atoms with E-state index in [1.54, 1.807) is 0 Å². The van der Waals surface area contributed by atoms with E-state index in [0.717, 1.165) is 50.6 Å². The molecule has 1 aliphatic heterocycles. The average Bonchev–Trinajstić information content (AvgIpc) is 2.93. The van der Waals surface area contributed by atoms with E-state index in [2.05, 4.69) is 70.4 Å². The van der Waals surface area contributed by atoms with Crippen molar-refractivity contribution >= 4 is 34.1 Å². The fraction of sp³-hybridized carbons (Fsp3) is 0.300. The number of fused-ring (bicyclic) bond motifs is 1. The third-order valence-corrected chi connectivity index (χ3v) is 6.18. The van der Waals surface area contributed by atoms with Gasteiger partial charge in [0, 0.05) is 51.6 Å². The summed E-state index contributed by atoms with van der Waals surface area (Å²) in [6.07, 6.45) is 7.58. The van der Waals surface area contributed by atoms with Crippen molar-refractivity contribution in [2.75, 3.05) is 44.7 Å². The van der Waals surface area contributed by atoms with Gasteiger partial charge in [0.05, 0.1) is 6.61 Å². The van der Waals surface area contributed by atoms with Crippen LogP contribution in [0.15, 0.2) is 79.0 Å². The lowest BCUT2D eigenvalue weighted by atomic mass is 9.94. The van der Waals surface area contributed by atoms with Gasteiger partial charge in [0.25, 0.3) is 0 Å². The summed E-state index contributed by atoms with van der Waals surface area (Å²) in [7, 11) is 2.10. The fourth-order valence-corrected chi connectivity index (χ4v) is 4.38. The van der Waals surface area contributed by atoms with Crippen molar-refractivity contribution in [1.82, 2.24) is 9.88 Å². The highest BCUT2D eigenvalue weighted by atomic mass is 16.5. The number of rotatable bonds is 10. The van der Waals surface area contributed by atoms with E-state index in [1.807, 2.05) is 25.3 Å². The van der Waals surface area contributed by atoms with Crippen LogP contribution in [-0.4, -0.2) is 71.9 Å². The molecule has 3 aromatic rings. The third-order valence-electron chi connectivity index (χ3n) is 6.18. The van der Waals surface area contributed by atoms with Gasteiger partial charge in [-0.25, -0.2) is 14.6 Å². The van der Waals surface area contributed by atoms with Crippen molar-refractivity contribution in [2.24, 2.45) is 0 Å². The zero-order chi connectivity index (χ0) is 27.3. The Bertz CT molecular complexity index is 1270. The topological polar surface area (TPSA) is 103 Å². The predicted octanol–water partition coefficient (Wildman–Crippen LogP) is 4.96. The molecule has 0 bridgehead atoms. The lowest BCUT2D eigenvalue weighted by Gasteiger charge is -2.28. The number of nitrogens with zero attached hydrogens (tertiary/aromatic N) is 3. The normalized spacial score (nSPS) is 13.5. The van der Waals surface area contributed by atoms with Crippen LogP contribution in [0.5, 0.6) is 5.75 Å². The number of carboxylic acid groups (broad SMARTS) is 2. The van der Waals surface area contributed by atoms with Gasteiger partial charge in [0.15, 0.2) is 11.6 Å². The molecular weight excluding hydrogens is 482 g/mol. The molecule has 1 aliphatic rings. The van der Waals surface area contributed by atoms with E-state index in [9.17, 15) is 9.59 Å². The monoisotopic (exact) mass is 517 g/mol. The third kappa shape index (κ3) is 8.45. The van der Waals surface area contributed by atoms with Crippen molar-refractivity contribution in [3.63, 3.8) is 0 Å². The minimum Gasteiger partial charge on any atom is -0.490 e. The minimum atomic E-state index is -1.26. The Labute approximate surface area is 223 Å². The maximum atomic E-state index is 9.55. The summed E-state index contributed by atoms with van der Waals surface area (Å²) in [5.74, 6) is -0.723. The summed E-state index contributed by atoms with van der Waals surface area (Å²) in [4.78, 5) is 28.4. The molecule has 0 spiro atoms. The van der Waals surface area contributed by atoms with Gasteiger partial charge in [-0.2, -0.15) is 0 Å². The number of benzene rings is 2. The first-order valence-corrected chi connectivity index (χ1v) is 12.7. The standard InChI is InChI=1S/C26H31N3O.C4H4O4/c1-3-30-25-13-7-16-27-26(25)28(2)17-8-18-29-19-14-22(15-20-29)24-12-6-10-21-9-4-5-11-23(21)24;5-3(6)1-2-4(7)8/h4-7,9-14,16H,3,8,15,17-20H2,1-2H3;1-2H,(H,5,6)(H,7,8). The molecule has 0 saturated carbocycles. The minimum absolute atomic E-state index is 0.558. The molecule has 4 rings (SSSR count). The van der Waals surface area contributed by atoms with Crippen LogP contribution < -0.4 is 9.64 Å². The van der Waals surface area contributed by atoms with Gasteiger partial charge >= 0.3 is 11.9 Å². The molecule has 38 heavy (non-hydrogen) atoms. The van der Waals surface area contributed by atoms with Gasteiger partial charge in [0.2, 0.25) is 0 Å². The largest absolute Gasteiger partial charge is 0.490 e. The molecular formula is C30H35N3O5. The lowest BCUT2D eigenvalue weighted by Crippen LogP contribution is -2.32. The maximum Gasteiger partial charge on any atom is 0.328 e. The Morgan fingerprint density at radius 1 is 1.05 bits per heavy atom. The molecule has 1 aromatic heterocycles. The molecule has 0 amide bonds. The summed E-state index contributed by atoms with van der Waals surface area (Å²) in [6, 6.07) is 19.2. The lowest BCUT2D eigenvalue weighted by molar-refractivity contribution is -0.134. The van der Waals surface area contributed by atoms with E-state index >= 15 is 0 Å². The number of aliphatic carboxylic acids is 2. The molecule has 2 aromatic carbocycles. The number of anilines is 1. The van der Waals surface area contributed by atoms with Crippen LogP contribution in [0.25, 0.3) is 16.3 Å². The van der Waals surface area contributed by atoms with Crippen LogP contribution >= 0.6 is 0 Å². The first-order valence-electron chi connectivity index (χ1n) is 12.7. The molecule has 2 heterocycles. The number of aromatic nitrogens is 1. The van der Waals surface area contributed by atoms with E-state index in [4.69, 9.17) is 14.9 Å². The summed E-state index contributed by atoms with van der Waals surface area (Å²) in [6.45, 7) is 6.87. The number of hydrogen-bond acceptors (Lipinski definition) is 6. The molecule has 0 unspecified atom stereocenters. The zero-order valence-electron chi connectivity index (χ0n) is 21.9. The first-order chi connectivity index (χ1) is 18.4. The summed E-state index contributed by atoms with van der Waals surface area (Å²) in [5.41, 5.74) is 2.88. The molecule has 8 nitrogen and oxygen atoms in total. The Balaban J connectivity index is 0.000000436. The van der Waals surface area contributed by atoms with Gasteiger partial charge in [-0.1, -0.05) is 48.5 Å². The molecule has 0 fully saturated rings. The number of carbonyl (C=O) groups is 2. The van der Waals surface area contributed by atoms with Gasteiger partial charge in [-0.05, 0) is 53.8 Å². The molecule has 0 saturated heterocycles. The van der Waals surface area contributed by atoms with Gasteiger partial charge in [0.1, 0.15) is 0 Å². The van der Waals surface area contributed by atoms with E-state index in [-0.39, 0.29) is 0 Å². The molecule has 2 N–H and O–H groups in total. The molecule has 0 radical (unpaired) electrons. The Morgan fingerprint density at radius 2 is 1.79 bits per heavy atom. The Morgan fingerprint density at radius 3 is 2.47 bits per heavy atom. The van der Waals surface area contributed by atoms with Crippen molar-refractivity contribution in [2.45, 2.75) is 19.8 Å². The average molecular weight is 518 g/mol. The summed E-state index contributed by atoms with van der Waals surface area (Å²) in [5, 5.41) is 18.3. The van der Waals surface area contributed by atoms with Crippen LogP contribution in [0.3, 0.4) is 0 Å². The second-order valence-corrected chi connectivity index (χ2v) is 8.85. The van der Waals surface area contributed by atoms with Crippen molar-refractivity contribution in [1.29, 1.82) is 0 Å². The highest BCUT2D eigenvalue weighted by Gasteiger charge is 2.15. The van der Waals surface area contributed by atoms with Crippen molar-refractivity contribution in [3.05, 3.63) is 84.6 Å². The smallest absolute Gasteiger partial charge is 0.328 e. The number of carboxylic acids is 2. The van der Waals surface area contributed by atoms with Gasteiger partial charge in [-0.15, -0.1) is 0 Å². The van der Waals surface area contributed by atoms with Crippen LogP contribution in [0.2, 0.25) is 0 Å². The van der Waals surface area contributed by atoms with E-state index in [1.165, 1.54) is 21.9 Å². The molecule has 200 valence electrons. The summed E-state index contributed by atoms with van der Waals surface area (Å²) < 4.78 is 5.72. The molecule has 0 atom stereocenters. The second kappa shape index (κ2) is 14.5. The van der Waals surface area contributed by atoms with Crippen LogP contribution in [0, 0.1) is 0 Å². The number of pyridine rings is 1. The van der Waals surface area contributed by atoms with Crippen molar-refractivity contribution in [3.8, 4) is 5.75 Å². The van der Waals surface area contributed by atoms with Gasteiger partial charge < -0.3 is 19.8 Å². The Hall–Kier alpha value is -4.17. The van der Waals surface area contributed by atoms with E-state index in [0.29, 0.717) is 18.8 Å². The van der Waals surface area contributed by atoms with Crippen LogP contribution in [-0.2, 0) is 9.59 Å². The first kappa shape index (κ1) is 28.4. The second-order valence-electron chi connectivity index (χ2n) is 8.85. The SMILES string of the molecule is CCOc1cccnc1N(C)CCCN1CC=C(c2cccc3ccccc23)CC1.O=C(O)C=CC(=O)O.